The second-order valence-corrected chi connectivity index (χ2v) is 6.75. The van der Waals surface area contributed by atoms with Gasteiger partial charge in [-0.1, -0.05) is 47.8 Å². The molecule has 0 bridgehead atoms. The smallest absolute Gasteiger partial charge is 0.263 e. The highest BCUT2D eigenvalue weighted by Crippen LogP contribution is 2.19. The highest BCUT2D eigenvalue weighted by molar-refractivity contribution is 7.89. The van der Waals surface area contributed by atoms with E-state index in [4.69, 9.17) is 23.2 Å². The molecular formula is C12H15Cl2NO2S. The van der Waals surface area contributed by atoms with Crippen molar-refractivity contribution in [1.29, 1.82) is 0 Å². The van der Waals surface area contributed by atoms with Gasteiger partial charge in [0.25, 0.3) is 10.0 Å². The van der Waals surface area contributed by atoms with Crippen molar-refractivity contribution in [1.82, 2.24) is 4.31 Å². The number of nitrogens with zero attached hydrogens (tertiary/aromatic N) is 1. The number of hydrogen-bond acceptors (Lipinski definition) is 2. The first kappa shape index (κ1) is 15.3. The molecule has 0 unspecified atom stereocenters. The van der Waals surface area contributed by atoms with E-state index in [1.54, 1.807) is 24.3 Å². The minimum atomic E-state index is -3.59. The van der Waals surface area contributed by atoms with Crippen LogP contribution in [0.1, 0.15) is 18.9 Å². The van der Waals surface area contributed by atoms with Crippen molar-refractivity contribution >= 4 is 33.2 Å². The van der Waals surface area contributed by atoms with Gasteiger partial charge in [-0.25, -0.2) is 8.42 Å². The van der Waals surface area contributed by atoms with Gasteiger partial charge in [-0.3, -0.25) is 4.31 Å². The van der Waals surface area contributed by atoms with Crippen molar-refractivity contribution in [3.63, 3.8) is 0 Å². The SMILES string of the molecule is CCCN(C=C(Cl)Cl)S(=O)(=O)c1ccc(C)cc1. The van der Waals surface area contributed by atoms with E-state index in [0.717, 1.165) is 9.87 Å². The van der Waals surface area contributed by atoms with Crippen LogP contribution in [0.25, 0.3) is 0 Å². The van der Waals surface area contributed by atoms with Crippen LogP contribution < -0.4 is 0 Å². The molecule has 0 fully saturated rings. The summed E-state index contributed by atoms with van der Waals surface area (Å²) in [5.41, 5.74) is 1.00. The monoisotopic (exact) mass is 307 g/mol. The van der Waals surface area contributed by atoms with Gasteiger partial charge in [-0.2, -0.15) is 0 Å². The van der Waals surface area contributed by atoms with Crippen LogP contribution in [0.15, 0.2) is 39.9 Å². The molecule has 18 heavy (non-hydrogen) atoms. The first-order valence-electron chi connectivity index (χ1n) is 5.49. The number of hydrogen-bond donors (Lipinski definition) is 0. The molecular weight excluding hydrogens is 293 g/mol. The Morgan fingerprint density at radius 2 is 1.83 bits per heavy atom. The van der Waals surface area contributed by atoms with Gasteiger partial charge >= 0.3 is 0 Å². The Morgan fingerprint density at radius 1 is 1.28 bits per heavy atom. The van der Waals surface area contributed by atoms with E-state index < -0.39 is 10.0 Å². The molecule has 1 rings (SSSR count). The summed E-state index contributed by atoms with van der Waals surface area (Å²) in [6, 6.07) is 6.65. The van der Waals surface area contributed by atoms with Crippen LogP contribution in [0, 0.1) is 6.92 Å². The zero-order valence-corrected chi connectivity index (χ0v) is 12.6. The van der Waals surface area contributed by atoms with E-state index in [2.05, 4.69) is 0 Å². The van der Waals surface area contributed by atoms with E-state index in [9.17, 15) is 8.42 Å². The first-order valence-corrected chi connectivity index (χ1v) is 7.69. The second kappa shape index (κ2) is 6.45. The fraction of sp³-hybridized carbons (Fsp3) is 0.333. The van der Waals surface area contributed by atoms with Gasteiger partial charge in [0.15, 0.2) is 0 Å². The second-order valence-electron chi connectivity index (χ2n) is 3.85. The van der Waals surface area contributed by atoms with Gasteiger partial charge in [0, 0.05) is 12.7 Å². The van der Waals surface area contributed by atoms with E-state index >= 15 is 0 Å². The Balaban J connectivity index is 3.16. The van der Waals surface area contributed by atoms with Crippen LogP contribution in [0.3, 0.4) is 0 Å². The zero-order chi connectivity index (χ0) is 13.8. The summed E-state index contributed by atoms with van der Waals surface area (Å²) < 4.78 is 25.7. The molecule has 0 heterocycles. The third kappa shape index (κ3) is 3.90. The highest BCUT2D eigenvalue weighted by Gasteiger charge is 2.21. The summed E-state index contributed by atoms with van der Waals surface area (Å²) in [6.07, 6.45) is 1.89. The molecule has 100 valence electrons. The van der Waals surface area contributed by atoms with Gasteiger partial charge < -0.3 is 0 Å². The maximum absolute atomic E-state index is 12.3. The van der Waals surface area contributed by atoms with Crippen molar-refractivity contribution in [2.45, 2.75) is 25.2 Å². The maximum Gasteiger partial charge on any atom is 0.263 e. The fourth-order valence-corrected chi connectivity index (χ4v) is 3.20. The molecule has 0 aromatic heterocycles. The van der Waals surface area contributed by atoms with E-state index in [-0.39, 0.29) is 9.39 Å². The number of rotatable bonds is 5. The molecule has 0 saturated heterocycles. The van der Waals surface area contributed by atoms with Gasteiger partial charge in [0.1, 0.15) is 4.49 Å². The Bertz CT molecular complexity index is 520. The van der Waals surface area contributed by atoms with Crippen molar-refractivity contribution in [2.75, 3.05) is 6.54 Å². The molecule has 3 nitrogen and oxygen atoms in total. The maximum atomic E-state index is 12.3. The van der Waals surface area contributed by atoms with Crippen LogP contribution in [-0.2, 0) is 10.0 Å². The molecule has 1 aromatic carbocycles. The van der Waals surface area contributed by atoms with Gasteiger partial charge in [-0.15, -0.1) is 0 Å². The third-order valence-electron chi connectivity index (χ3n) is 2.31. The summed E-state index contributed by atoms with van der Waals surface area (Å²) >= 11 is 11.1. The topological polar surface area (TPSA) is 37.4 Å². The molecule has 0 N–H and O–H groups in total. The molecule has 0 radical (unpaired) electrons. The largest absolute Gasteiger partial charge is 0.271 e. The van der Waals surface area contributed by atoms with E-state index in [1.165, 1.54) is 6.20 Å². The first-order chi connectivity index (χ1) is 8.37. The average molecular weight is 308 g/mol. The number of benzene rings is 1. The van der Waals surface area contributed by atoms with Gasteiger partial charge in [0.05, 0.1) is 4.90 Å². The standard InChI is InChI=1S/C12H15Cl2NO2S/c1-3-8-15(9-12(13)14)18(16,17)11-6-4-10(2)5-7-11/h4-7,9H,3,8H2,1-2H3. The number of aryl methyl sites for hydroxylation is 1. The molecule has 1 aromatic rings. The lowest BCUT2D eigenvalue weighted by Gasteiger charge is -2.19. The van der Waals surface area contributed by atoms with Crippen molar-refractivity contribution < 1.29 is 8.42 Å². The van der Waals surface area contributed by atoms with Gasteiger partial charge in [-0.05, 0) is 25.5 Å². The predicted molar refractivity (Wildman–Crippen MR) is 75.2 cm³/mol. The summed E-state index contributed by atoms with van der Waals surface area (Å²) in [5, 5.41) is 0. The Hall–Kier alpha value is -0.710. The van der Waals surface area contributed by atoms with Crippen LogP contribution in [0.5, 0.6) is 0 Å². The summed E-state index contributed by atoms with van der Waals surface area (Å²) in [5.74, 6) is 0. The third-order valence-corrected chi connectivity index (χ3v) is 4.28. The molecule has 0 aliphatic rings. The Labute approximate surface area is 118 Å². The van der Waals surface area contributed by atoms with Crippen molar-refractivity contribution in [3.8, 4) is 0 Å². The molecule has 0 aliphatic carbocycles. The Kier molecular flexibility index (Phi) is 5.50. The molecule has 6 heteroatoms. The quantitative estimate of drug-likeness (QED) is 0.832. The molecule has 0 amide bonds. The lowest BCUT2D eigenvalue weighted by molar-refractivity contribution is 0.496. The molecule has 0 spiro atoms. The number of halogens is 2. The van der Waals surface area contributed by atoms with E-state index in [0.29, 0.717) is 13.0 Å². The molecule has 0 saturated carbocycles. The van der Waals surface area contributed by atoms with Crippen molar-refractivity contribution in [2.24, 2.45) is 0 Å². The zero-order valence-electron chi connectivity index (χ0n) is 10.2. The number of sulfonamides is 1. The summed E-state index contributed by atoms with van der Waals surface area (Å²) in [7, 11) is -3.59. The van der Waals surface area contributed by atoms with Crippen LogP contribution in [-0.4, -0.2) is 19.3 Å². The summed E-state index contributed by atoms with van der Waals surface area (Å²) in [4.78, 5) is 0.229. The van der Waals surface area contributed by atoms with Crippen LogP contribution in [0.2, 0.25) is 0 Å². The lowest BCUT2D eigenvalue weighted by Crippen LogP contribution is -2.27. The predicted octanol–water partition coefficient (Wildman–Crippen LogP) is 3.67. The summed E-state index contributed by atoms with van der Waals surface area (Å²) in [6.45, 7) is 4.11. The van der Waals surface area contributed by atoms with E-state index in [1.807, 2.05) is 13.8 Å². The Morgan fingerprint density at radius 3 is 2.28 bits per heavy atom. The van der Waals surface area contributed by atoms with Gasteiger partial charge in [0.2, 0.25) is 0 Å². The minimum Gasteiger partial charge on any atom is -0.271 e. The van der Waals surface area contributed by atoms with Crippen LogP contribution in [0.4, 0.5) is 0 Å². The highest BCUT2D eigenvalue weighted by atomic mass is 35.5. The van der Waals surface area contributed by atoms with Crippen LogP contribution >= 0.6 is 23.2 Å². The fourth-order valence-electron chi connectivity index (χ4n) is 1.43. The normalized spacial score (nSPS) is 11.1. The molecule has 0 aliphatic heterocycles. The molecule has 0 atom stereocenters. The van der Waals surface area contributed by atoms with Crippen molar-refractivity contribution in [3.05, 3.63) is 40.5 Å². The lowest BCUT2D eigenvalue weighted by atomic mass is 10.2. The minimum absolute atomic E-state index is 0.0841. The average Bonchev–Trinajstić information content (AvgIpc) is 2.28.